The topological polar surface area (TPSA) is 17.9 Å². The van der Waals surface area contributed by atoms with E-state index in [1.54, 1.807) is 0 Å². The Morgan fingerprint density at radius 3 is 1.55 bits per heavy atom. The molecule has 12 aromatic carbocycles. The number of hydrogen-bond acceptors (Lipinski definition) is 4. The van der Waals surface area contributed by atoms with E-state index in [4.69, 9.17) is 12.3 Å². The van der Waals surface area contributed by atoms with Gasteiger partial charge in [0.15, 0.2) is 0 Å². The lowest BCUT2D eigenvalue weighted by atomic mass is 9.33. The minimum Gasteiger partial charge on any atom is -0.311 e. The second kappa shape index (κ2) is 18.7. The van der Waals surface area contributed by atoms with Crippen LogP contribution in [0.25, 0.3) is 49.4 Å². The van der Waals surface area contributed by atoms with Crippen molar-refractivity contribution in [3.63, 3.8) is 0 Å². The van der Waals surface area contributed by atoms with Gasteiger partial charge < -0.3 is 24.2 Å². The zero-order valence-corrected chi connectivity index (χ0v) is 44.8. The molecule has 3 aliphatic heterocycles. The molecule has 0 unspecified atom stereocenters. The van der Waals surface area contributed by atoms with Crippen LogP contribution in [0.5, 0.6) is 0 Å². The summed E-state index contributed by atoms with van der Waals surface area (Å²) in [6.45, 7) is 6.49. The fourth-order valence-corrected chi connectivity index (χ4v) is 10.7. The molecule has 3 aliphatic rings. The first kappa shape index (κ1) is 22.3. The van der Waals surface area contributed by atoms with Gasteiger partial charge in [-0.2, -0.15) is 0 Å². The van der Waals surface area contributed by atoms with Gasteiger partial charge >= 0.3 is 0 Å². The molecule has 0 saturated carbocycles. The van der Waals surface area contributed by atoms with Crippen molar-refractivity contribution >= 4 is 124 Å². The summed E-state index contributed by atoms with van der Waals surface area (Å²) in [5.74, 6) is 0. The van der Waals surface area contributed by atoms with Crippen LogP contribution in [0.1, 0.15) is 113 Å². The molecule has 0 saturated heterocycles. The molecular formula is C78H62BN5. The van der Waals surface area contributed by atoms with E-state index in [1.807, 2.05) is 0 Å². The number of anilines is 12. The number of rotatable bonds is 8. The Morgan fingerprint density at radius 2 is 0.881 bits per heavy atom. The molecule has 0 N–H and O–H groups in total. The Hall–Kier alpha value is -10.0. The maximum absolute atomic E-state index is 11.5. The number of hydrogen-bond donors (Lipinski definition) is 0. The van der Waals surface area contributed by atoms with Gasteiger partial charge in [0.05, 0.1) is 94.1 Å². The van der Waals surface area contributed by atoms with Crippen LogP contribution < -0.4 is 36.0 Å². The maximum atomic E-state index is 11.5. The highest BCUT2D eigenvalue weighted by Crippen LogP contribution is 2.54. The summed E-state index contributed by atoms with van der Waals surface area (Å²) in [5, 5.41) is -2.86. The molecule has 0 fully saturated rings. The van der Waals surface area contributed by atoms with Crippen molar-refractivity contribution in [2.45, 2.75) is 52.4 Å². The highest BCUT2D eigenvalue weighted by Gasteiger charge is 2.47. The van der Waals surface area contributed by atoms with Gasteiger partial charge in [-0.05, 0) is 163 Å². The highest BCUT2D eigenvalue weighted by atomic mass is 15.2. The molecule has 16 rings (SSSR count). The van der Waals surface area contributed by atoms with Crippen LogP contribution in [0.2, 0.25) is 0 Å². The summed E-state index contributed by atoms with van der Waals surface area (Å²) in [4.78, 5) is 1.85. The Labute approximate surface area is 554 Å². The molecule has 402 valence electrons. The number of para-hydroxylation sites is 5. The smallest absolute Gasteiger partial charge is 0.252 e. The SMILES string of the molecule is [2H]c1c([2H])c([2H])c(N(c2c([2H])c([2H])c([2H])c([2H])c2[2H])c2c([2H])c3c4c(c2[2H])N2c5c(c([2H])c([2H])c([2H])c5-n5c6c([2H])c([2H])c([2H])c([2H])c6c6c([2H])c([2H])c([2H])c2c65)B4c2c([2H])c([2H])c(N(c4c([2H])c([2H])c(C(C)(C)C)c([2H])c4[2H])c4c([2H])c([2H])c(C(C)(C)C)c([2H])c4[2H])c([2H])c2N3c2c([2H])c([2H])c(-c3c([2H])c([2H])c([2H])c4c([2H])c([2H])c([2H])c([2H])c34)c([2H])c2[2H])c([2H])c1[2H]. The number of fused-ring (bicyclic) bond motifs is 10. The third-order valence-corrected chi connectivity index (χ3v) is 14.5. The molecule has 1 aromatic heterocycles. The summed E-state index contributed by atoms with van der Waals surface area (Å²) < 4.78 is 433. The third-order valence-electron chi connectivity index (χ3n) is 14.5. The predicted octanol–water partition coefficient (Wildman–Crippen LogP) is 19.5. The number of benzene rings is 12. The van der Waals surface area contributed by atoms with Crippen molar-refractivity contribution in [3.8, 4) is 16.8 Å². The second-order valence-electron chi connectivity index (χ2n) is 21.6. The van der Waals surface area contributed by atoms with E-state index in [0.717, 1.165) is 9.47 Å². The van der Waals surface area contributed by atoms with Crippen LogP contribution in [-0.4, -0.2) is 11.3 Å². The minimum atomic E-state index is -2.56. The largest absolute Gasteiger partial charge is 0.311 e. The van der Waals surface area contributed by atoms with Crippen molar-refractivity contribution in [2.75, 3.05) is 19.6 Å². The molecule has 5 nitrogen and oxygen atoms in total. The van der Waals surface area contributed by atoms with Crippen LogP contribution in [0.4, 0.5) is 68.2 Å². The zero-order valence-electron chi connectivity index (χ0n) is 88.8. The van der Waals surface area contributed by atoms with Crippen molar-refractivity contribution in [1.29, 1.82) is 0 Å². The van der Waals surface area contributed by atoms with Gasteiger partial charge in [-0.15, -0.1) is 0 Å². The monoisotopic (exact) mass is 1120 g/mol. The predicted molar refractivity (Wildman–Crippen MR) is 358 cm³/mol. The van der Waals surface area contributed by atoms with Crippen LogP contribution >= 0.6 is 0 Å². The fourth-order valence-electron chi connectivity index (χ4n) is 10.7. The molecule has 0 bridgehead atoms. The van der Waals surface area contributed by atoms with Gasteiger partial charge in [0, 0.05) is 62.0 Å². The van der Waals surface area contributed by atoms with Crippen molar-refractivity contribution in [3.05, 3.63) is 277 Å². The second-order valence-corrected chi connectivity index (χ2v) is 21.6. The zero-order chi connectivity index (χ0) is 94.9. The van der Waals surface area contributed by atoms with E-state index < -0.39 is 417 Å². The van der Waals surface area contributed by atoms with Gasteiger partial charge in [-0.1, -0.05) is 205 Å². The summed E-state index contributed by atoms with van der Waals surface area (Å²) in [5.41, 5.74) is -24.5. The van der Waals surface area contributed by atoms with Crippen LogP contribution in [0, 0.1) is 0 Å². The minimum absolute atomic E-state index is 0.255. The molecule has 0 radical (unpaired) electrons. The van der Waals surface area contributed by atoms with Gasteiger partial charge in [0.25, 0.3) is 6.71 Å². The quantitative estimate of drug-likeness (QED) is 0.141. The first-order chi connectivity index (χ1) is 59.3. The van der Waals surface area contributed by atoms with Gasteiger partial charge in [0.1, 0.15) is 0 Å². The van der Waals surface area contributed by atoms with Gasteiger partial charge in [0.2, 0.25) is 0 Å². The Bertz CT molecular complexity index is 7190. The van der Waals surface area contributed by atoms with E-state index >= 15 is 0 Å². The van der Waals surface area contributed by atoms with Crippen molar-refractivity contribution in [2.24, 2.45) is 0 Å². The lowest BCUT2D eigenvalue weighted by molar-refractivity contribution is 0.590. The van der Waals surface area contributed by atoms with E-state index in [1.165, 1.54) is 41.5 Å². The Balaban J connectivity index is 1.25. The molecule has 0 atom stereocenters. The highest BCUT2D eigenvalue weighted by molar-refractivity contribution is 7.00. The average molecular weight is 1120 g/mol. The van der Waals surface area contributed by atoms with Gasteiger partial charge in [-0.3, -0.25) is 0 Å². The lowest BCUT2D eigenvalue weighted by Gasteiger charge is -2.47. The number of nitrogens with zero attached hydrogens (tertiary/aromatic N) is 5. The summed E-state index contributed by atoms with van der Waals surface area (Å²) in [7, 11) is 0. The third kappa shape index (κ3) is 7.70. The lowest BCUT2D eigenvalue weighted by Crippen LogP contribution is -2.61. The molecular weight excluding hydrogens is 1020 g/mol. The van der Waals surface area contributed by atoms with E-state index in [2.05, 4.69) is 0 Å². The summed E-state index contributed by atoms with van der Waals surface area (Å²) in [6, 6.07) is -51.8. The van der Waals surface area contributed by atoms with Gasteiger partial charge in [-0.25, -0.2) is 0 Å². The first-order valence-electron chi connectivity index (χ1n) is 48.0. The molecule has 0 amide bonds. The molecule has 13 aromatic rings. The summed E-state index contributed by atoms with van der Waals surface area (Å²) >= 11 is 0. The number of aromatic nitrogens is 1. The molecule has 4 heterocycles. The normalized spacial score (nSPS) is 20.4. The molecule has 84 heavy (non-hydrogen) atoms. The van der Waals surface area contributed by atoms with E-state index in [9.17, 15) is 48.0 Å². The molecule has 0 aliphatic carbocycles. The Morgan fingerprint density at radius 1 is 0.369 bits per heavy atom. The van der Waals surface area contributed by atoms with Crippen molar-refractivity contribution < 1.29 is 60.3 Å². The van der Waals surface area contributed by atoms with Crippen LogP contribution in [0.3, 0.4) is 0 Å². The Kier molecular flexibility index (Phi) is 4.97. The first-order valence-corrected chi connectivity index (χ1v) is 26.0. The van der Waals surface area contributed by atoms with E-state index in [0.29, 0.717) is 9.80 Å². The standard InChI is InChI=1S/C78H62BN5/c1-77(2,3)53-36-42-57(43-37-53)80(58-44-38-54(39-45-58)78(4,5)6)60-46-47-66-71(48-60)82(59-40-34-52(35-41-59)63-28-17-21-51-20-13-14-26-62(51)63)72-49-61(81(55-22-9-7-10-23-55)56-24-11-8-12-25-56)50-73-74(72)79(66)67-30-19-33-70-76(67)84(73)69-32-18-29-65-64-27-15-16-31-68(64)83(70)75(65)69/h7-50H,1-6H3/i7D,8D,9D,10D,11D,12D,13D,14D,15D,16D,17D,18D,19D,20D,21D,22D,23D,24D,25D,26D,27D,28D,29D,30D,31D,32D,33D,34D,35D,36D,37D,38D,39D,40D,41D,42D,43D,44D,45D,46D,47D,48D,49D,50D. The van der Waals surface area contributed by atoms with E-state index in [-0.39, 0.29) is 16.0 Å². The average Bonchev–Trinajstić information content (AvgIpc) is 1.37. The molecule has 6 heteroatoms. The van der Waals surface area contributed by atoms with Crippen LogP contribution in [0.15, 0.2) is 266 Å². The molecule has 0 spiro atoms. The summed E-state index contributed by atoms with van der Waals surface area (Å²) in [6.07, 6.45) is 0. The fraction of sp³-hybridized carbons (Fsp3) is 0.103. The maximum Gasteiger partial charge on any atom is 0.252 e. The van der Waals surface area contributed by atoms with Crippen molar-refractivity contribution in [1.82, 2.24) is 4.57 Å². The van der Waals surface area contributed by atoms with Crippen LogP contribution in [-0.2, 0) is 10.8 Å².